The number of nitrogens with zero attached hydrogens (tertiary/aromatic N) is 4. The molecule has 34 heavy (non-hydrogen) atoms. The van der Waals surface area contributed by atoms with E-state index in [1.54, 1.807) is 31.5 Å². The predicted molar refractivity (Wildman–Crippen MR) is 126 cm³/mol. The summed E-state index contributed by atoms with van der Waals surface area (Å²) < 4.78 is 12.4. The fourth-order valence-electron chi connectivity index (χ4n) is 3.51. The third-order valence-corrected chi connectivity index (χ3v) is 5.06. The number of fused-ring (bicyclic) bond motifs is 3. The van der Waals surface area contributed by atoms with Gasteiger partial charge in [0.15, 0.2) is 11.5 Å². The molecule has 0 aliphatic carbocycles. The number of carbonyl (C=O) groups is 2. The summed E-state index contributed by atoms with van der Waals surface area (Å²) in [6.45, 7) is 5.53. The quantitative estimate of drug-likeness (QED) is 0.407. The SMILES string of the molecule is CC(C)(C)OC(=O)N[C@@H](CCC(=O)OCc1ccccc1)c1nnc2c3ccccc3cnn12. The Labute approximate surface area is 197 Å². The number of carbonyl (C=O) groups excluding carboxylic acids is 2. The number of ether oxygens (including phenoxy) is 2. The Balaban J connectivity index is 1.53. The van der Waals surface area contributed by atoms with E-state index >= 15 is 0 Å². The molecule has 1 N–H and O–H groups in total. The molecule has 4 rings (SSSR count). The van der Waals surface area contributed by atoms with Crippen molar-refractivity contribution >= 4 is 28.5 Å². The number of amides is 1. The number of nitrogens with one attached hydrogen (secondary N) is 1. The van der Waals surface area contributed by atoms with Crippen molar-refractivity contribution in [3.63, 3.8) is 0 Å². The smallest absolute Gasteiger partial charge is 0.408 e. The predicted octanol–water partition coefficient (Wildman–Crippen LogP) is 4.37. The summed E-state index contributed by atoms with van der Waals surface area (Å²) in [7, 11) is 0. The fourth-order valence-corrected chi connectivity index (χ4v) is 3.51. The van der Waals surface area contributed by atoms with Crippen molar-refractivity contribution < 1.29 is 19.1 Å². The van der Waals surface area contributed by atoms with Crippen LogP contribution >= 0.6 is 0 Å². The first-order valence-electron chi connectivity index (χ1n) is 11.1. The van der Waals surface area contributed by atoms with Crippen molar-refractivity contribution in [1.82, 2.24) is 25.1 Å². The van der Waals surface area contributed by atoms with Crippen LogP contribution in [0.5, 0.6) is 0 Å². The van der Waals surface area contributed by atoms with Gasteiger partial charge in [0.05, 0.1) is 12.2 Å². The van der Waals surface area contributed by atoms with E-state index < -0.39 is 17.7 Å². The first-order valence-corrected chi connectivity index (χ1v) is 11.1. The number of hydrogen-bond donors (Lipinski definition) is 1. The van der Waals surface area contributed by atoms with Crippen molar-refractivity contribution in [2.75, 3.05) is 0 Å². The molecular weight excluding hydrogens is 434 g/mol. The molecule has 0 saturated carbocycles. The normalized spacial score (nSPS) is 12.4. The lowest BCUT2D eigenvalue weighted by Crippen LogP contribution is -2.36. The van der Waals surface area contributed by atoms with Gasteiger partial charge >= 0.3 is 12.1 Å². The molecule has 0 fully saturated rings. The number of alkyl carbamates (subject to hydrolysis) is 1. The van der Waals surface area contributed by atoms with E-state index in [1.807, 2.05) is 54.6 Å². The summed E-state index contributed by atoms with van der Waals surface area (Å²) >= 11 is 0. The largest absolute Gasteiger partial charge is 0.461 e. The van der Waals surface area contributed by atoms with Gasteiger partial charge in [0, 0.05) is 17.2 Å². The highest BCUT2D eigenvalue weighted by Gasteiger charge is 2.26. The van der Waals surface area contributed by atoms with Crippen LogP contribution in [0.1, 0.15) is 51.0 Å². The number of hydrogen-bond acceptors (Lipinski definition) is 7. The highest BCUT2D eigenvalue weighted by Crippen LogP contribution is 2.23. The molecule has 9 nitrogen and oxygen atoms in total. The molecule has 0 saturated heterocycles. The summed E-state index contributed by atoms with van der Waals surface area (Å²) in [6.07, 6.45) is 1.40. The molecule has 9 heteroatoms. The molecule has 1 amide bonds. The van der Waals surface area contributed by atoms with Crippen LogP contribution in [0.2, 0.25) is 0 Å². The number of aromatic nitrogens is 4. The summed E-state index contributed by atoms with van der Waals surface area (Å²) in [6, 6.07) is 16.5. The number of benzene rings is 2. The first-order chi connectivity index (χ1) is 16.3. The highest BCUT2D eigenvalue weighted by atomic mass is 16.6. The summed E-state index contributed by atoms with van der Waals surface area (Å²) in [4.78, 5) is 25.0. The van der Waals surface area contributed by atoms with Crippen LogP contribution in [0.4, 0.5) is 4.79 Å². The van der Waals surface area contributed by atoms with Crippen LogP contribution in [0.15, 0.2) is 60.8 Å². The second kappa shape index (κ2) is 9.86. The van der Waals surface area contributed by atoms with Gasteiger partial charge in [-0.2, -0.15) is 9.61 Å². The lowest BCUT2D eigenvalue weighted by Gasteiger charge is -2.22. The summed E-state index contributed by atoms with van der Waals surface area (Å²) in [5, 5.41) is 17.7. The van der Waals surface area contributed by atoms with E-state index in [4.69, 9.17) is 9.47 Å². The molecule has 0 aliphatic heterocycles. The van der Waals surface area contributed by atoms with Gasteiger partial charge in [-0.05, 0) is 32.8 Å². The van der Waals surface area contributed by atoms with Crippen molar-refractivity contribution in [2.45, 2.75) is 51.9 Å². The van der Waals surface area contributed by atoms with Crippen LogP contribution < -0.4 is 5.32 Å². The minimum absolute atomic E-state index is 0.0653. The van der Waals surface area contributed by atoms with Crippen LogP contribution in [0, 0.1) is 0 Å². The molecule has 4 aromatic rings. The van der Waals surface area contributed by atoms with Crippen LogP contribution in [-0.4, -0.2) is 37.5 Å². The third-order valence-electron chi connectivity index (χ3n) is 5.06. The Morgan fingerprint density at radius 2 is 1.76 bits per heavy atom. The number of esters is 1. The molecule has 0 aliphatic rings. The Morgan fingerprint density at radius 1 is 1.03 bits per heavy atom. The van der Waals surface area contributed by atoms with Gasteiger partial charge < -0.3 is 14.8 Å². The van der Waals surface area contributed by atoms with Gasteiger partial charge in [-0.15, -0.1) is 10.2 Å². The minimum atomic E-state index is -0.676. The van der Waals surface area contributed by atoms with E-state index in [9.17, 15) is 9.59 Å². The average Bonchev–Trinajstić information content (AvgIpc) is 3.24. The van der Waals surface area contributed by atoms with Gasteiger partial charge in [-0.25, -0.2) is 4.79 Å². The van der Waals surface area contributed by atoms with E-state index in [0.717, 1.165) is 16.3 Å². The third kappa shape index (κ3) is 5.67. The van der Waals surface area contributed by atoms with Crippen LogP contribution in [0.3, 0.4) is 0 Å². The van der Waals surface area contributed by atoms with Crippen molar-refractivity contribution in [3.8, 4) is 0 Å². The van der Waals surface area contributed by atoms with Crippen molar-refractivity contribution in [2.24, 2.45) is 0 Å². The van der Waals surface area contributed by atoms with Gasteiger partial charge in [-0.3, -0.25) is 4.79 Å². The second-order valence-electron chi connectivity index (χ2n) is 8.91. The molecule has 2 aromatic heterocycles. The minimum Gasteiger partial charge on any atom is -0.461 e. The lowest BCUT2D eigenvalue weighted by atomic mass is 10.1. The molecular formula is C25H27N5O4. The van der Waals surface area contributed by atoms with Gasteiger partial charge in [0.25, 0.3) is 0 Å². The maximum atomic E-state index is 12.5. The average molecular weight is 462 g/mol. The topological polar surface area (TPSA) is 108 Å². The lowest BCUT2D eigenvalue weighted by molar-refractivity contribution is -0.145. The molecule has 0 radical (unpaired) electrons. The Hall–Kier alpha value is -4.01. The summed E-state index contributed by atoms with van der Waals surface area (Å²) in [5.74, 6) is 0.0227. The van der Waals surface area contributed by atoms with E-state index in [0.29, 0.717) is 11.5 Å². The zero-order valence-electron chi connectivity index (χ0n) is 19.4. The fraction of sp³-hybridized carbons (Fsp3) is 0.320. The molecule has 176 valence electrons. The zero-order valence-corrected chi connectivity index (χ0v) is 19.4. The zero-order chi connectivity index (χ0) is 24.1. The Bertz CT molecular complexity index is 1300. The van der Waals surface area contributed by atoms with Gasteiger partial charge in [0.2, 0.25) is 0 Å². The highest BCUT2D eigenvalue weighted by molar-refractivity contribution is 5.92. The molecule has 0 unspecified atom stereocenters. The maximum absolute atomic E-state index is 12.5. The van der Waals surface area contributed by atoms with E-state index in [1.165, 1.54) is 0 Å². The van der Waals surface area contributed by atoms with E-state index in [-0.39, 0.29) is 25.4 Å². The standard InChI is InChI=1S/C25H27N5O4/c1-25(2,3)34-24(32)27-20(13-14-21(31)33-16-17-9-5-4-6-10-17)23-29-28-22-19-12-8-7-11-18(19)15-26-30(22)23/h4-12,15,20H,13-14,16H2,1-3H3,(H,27,32)/t20-/m0/s1. The van der Waals surface area contributed by atoms with Crippen molar-refractivity contribution in [3.05, 3.63) is 72.2 Å². The first kappa shape index (κ1) is 23.2. The van der Waals surface area contributed by atoms with Gasteiger partial charge in [-0.1, -0.05) is 54.6 Å². The number of rotatable bonds is 7. The summed E-state index contributed by atoms with van der Waals surface area (Å²) in [5.41, 5.74) is 0.791. The molecule has 0 spiro atoms. The van der Waals surface area contributed by atoms with Crippen LogP contribution in [0.25, 0.3) is 16.4 Å². The monoisotopic (exact) mass is 461 g/mol. The van der Waals surface area contributed by atoms with Crippen molar-refractivity contribution in [1.29, 1.82) is 0 Å². The maximum Gasteiger partial charge on any atom is 0.408 e. The molecule has 2 aromatic carbocycles. The molecule has 1 atom stereocenters. The van der Waals surface area contributed by atoms with Crippen LogP contribution in [-0.2, 0) is 20.9 Å². The van der Waals surface area contributed by atoms with E-state index in [2.05, 4.69) is 20.6 Å². The molecule has 2 heterocycles. The molecule has 0 bridgehead atoms. The second-order valence-corrected chi connectivity index (χ2v) is 8.91. The van der Waals surface area contributed by atoms with Gasteiger partial charge in [0.1, 0.15) is 12.2 Å². The Morgan fingerprint density at radius 3 is 2.53 bits per heavy atom. The Kier molecular flexibility index (Phi) is 6.72.